The van der Waals surface area contributed by atoms with E-state index in [1.54, 1.807) is 31.0 Å². The molecule has 2 aromatic rings. The fourth-order valence-corrected chi connectivity index (χ4v) is 4.40. The molecule has 0 saturated carbocycles. The zero-order valence-electron chi connectivity index (χ0n) is 16.9. The first-order valence-electron chi connectivity index (χ1n) is 8.87. The molecule has 1 amide bonds. The highest BCUT2D eigenvalue weighted by Crippen LogP contribution is 2.24. The maximum absolute atomic E-state index is 13.0. The maximum Gasteiger partial charge on any atom is 0.246 e. The van der Waals surface area contributed by atoms with Gasteiger partial charge >= 0.3 is 0 Å². The Bertz CT molecular complexity index is 901. The first kappa shape index (κ1) is 21.0. The summed E-state index contributed by atoms with van der Waals surface area (Å²) in [5, 5.41) is 0. The Morgan fingerprint density at radius 2 is 1.48 bits per heavy atom. The van der Waals surface area contributed by atoms with Crippen LogP contribution in [0.25, 0.3) is 0 Å². The molecule has 0 spiro atoms. The smallest absolute Gasteiger partial charge is 0.246 e. The summed E-state index contributed by atoms with van der Waals surface area (Å²) in [5.74, 6) is -0.250. The zero-order valence-corrected chi connectivity index (χ0v) is 17.7. The van der Waals surface area contributed by atoms with E-state index in [0.29, 0.717) is 12.2 Å². The Morgan fingerprint density at radius 1 is 0.963 bits per heavy atom. The fraction of sp³-hybridized carbons (Fsp3) is 0.381. The average Bonchev–Trinajstić information content (AvgIpc) is 2.54. The molecule has 1 atom stereocenters. The Labute approximate surface area is 162 Å². The van der Waals surface area contributed by atoms with Gasteiger partial charge in [0.2, 0.25) is 15.9 Å². The summed E-state index contributed by atoms with van der Waals surface area (Å²) in [6, 6.07) is 12.7. The number of sulfonamides is 1. The van der Waals surface area contributed by atoms with Crippen LogP contribution >= 0.6 is 0 Å². The lowest BCUT2D eigenvalue weighted by atomic mass is 10.1. The van der Waals surface area contributed by atoms with Crippen LogP contribution in [0.2, 0.25) is 0 Å². The van der Waals surface area contributed by atoms with Gasteiger partial charge in [0.1, 0.15) is 6.04 Å². The van der Waals surface area contributed by atoms with Crippen molar-refractivity contribution in [2.75, 3.05) is 17.6 Å². The van der Waals surface area contributed by atoms with Crippen molar-refractivity contribution < 1.29 is 13.2 Å². The number of nitrogens with zero attached hydrogens (tertiary/aromatic N) is 2. The van der Waals surface area contributed by atoms with Crippen molar-refractivity contribution >= 4 is 21.6 Å². The standard InChI is InChI=1S/C21H28N2O3S/c1-15-7-9-19(10-8-15)14-22(5)21(24)18(4)23(27(6,25)26)20-12-16(2)11-17(3)13-20/h7-13,18H,14H2,1-6H3/t18-/m0/s1. The Balaban J connectivity index is 2.30. The SMILES string of the molecule is Cc1ccc(CN(C)C(=O)[C@H](C)N(c2cc(C)cc(C)c2)S(C)(=O)=O)cc1. The predicted molar refractivity (Wildman–Crippen MR) is 110 cm³/mol. The second-order valence-corrected chi connectivity index (χ2v) is 9.12. The highest BCUT2D eigenvalue weighted by Gasteiger charge is 2.31. The summed E-state index contributed by atoms with van der Waals surface area (Å²) >= 11 is 0. The van der Waals surface area contributed by atoms with Gasteiger partial charge in [-0.25, -0.2) is 8.42 Å². The van der Waals surface area contributed by atoms with Crippen LogP contribution in [0, 0.1) is 20.8 Å². The van der Waals surface area contributed by atoms with E-state index in [1.807, 2.05) is 51.1 Å². The lowest BCUT2D eigenvalue weighted by Crippen LogP contribution is -2.48. The van der Waals surface area contributed by atoms with Crippen molar-refractivity contribution in [2.24, 2.45) is 0 Å². The average molecular weight is 389 g/mol. The minimum Gasteiger partial charge on any atom is -0.340 e. The number of hydrogen-bond donors (Lipinski definition) is 0. The van der Waals surface area contributed by atoms with Crippen LogP contribution in [-0.2, 0) is 21.4 Å². The van der Waals surface area contributed by atoms with Gasteiger partial charge in [0.15, 0.2) is 0 Å². The van der Waals surface area contributed by atoms with Crippen molar-refractivity contribution in [3.63, 3.8) is 0 Å². The van der Waals surface area contributed by atoms with E-state index in [2.05, 4.69) is 0 Å². The molecular weight excluding hydrogens is 360 g/mol. The third-order valence-corrected chi connectivity index (χ3v) is 5.69. The minimum atomic E-state index is -3.62. The summed E-state index contributed by atoms with van der Waals surface area (Å²) in [5.41, 5.74) is 4.57. The van der Waals surface area contributed by atoms with Gasteiger partial charge in [-0.1, -0.05) is 35.9 Å². The van der Waals surface area contributed by atoms with Crippen LogP contribution in [0.3, 0.4) is 0 Å². The maximum atomic E-state index is 13.0. The Hall–Kier alpha value is -2.34. The van der Waals surface area contributed by atoms with Gasteiger partial charge in [0.05, 0.1) is 11.9 Å². The molecule has 6 heteroatoms. The molecule has 2 rings (SSSR count). The molecule has 0 aliphatic carbocycles. The van der Waals surface area contributed by atoms with Gasteiger partial charge in [-0.15, -0.1) is 0 Å². The summed E-state index contributed by atoms with van der Waals surface area (Å²) in [6.45, 7) is 7.88. The number of carbonyl (C=O) groups is 1. The van der Waals surface area contributed by atoms with Gasteiger partial charge in [-0.05, 0) is 56.5 Å². The van der Waals surface area contributed by atoms with E-state index in [1.165, 1.54) is 4.31 Å². The minimum absolute atomic E-state index is 0.250. The first-order chi connectivity index (χ1) is 12.5. The van der Waals surface area contributed by atoms with Crippen LogP contribution in [-0.4, -0.2) is 38.6 Å². The van der Waals surface area contributed by atoms with Crippen molar-refractivity contribution in [2.45, 2.75) is 40.3 Å². The molecule has 0 aromatic heterocycles. The van der Waals surface area contributed by atoms with E-state index >= 15 is 0 Å². The zero-order chi connectivity index (χ0) is 20.4. The summed E-state index contributed by atoms with van der Waals surface area (Å²) in [4.78, 5) is 14.5. The first-order valence-corrected chi connectivity index (χ1v) is 10.7. The van der Waals surface area contributed by atoms with Gasteiger partial charge in [-0.2, -0.15) is 0 Å². The van der Waals surface area contributed by atoms with E-state index < -0.39 is 16.1 Å². The molecule has 0 fully saturated rings. The highest BCUT2D eigenvalue weighted by molar-refractivity contribution is 7.92. The molecule has 0 heterocycles. The largest absolute Gasteiger partial charge is 0.340 e. The topological polar surface area (TPSA) is 57.7 Å². The van der Waals surface area contributed by atoms with Crippen LogP contribution in [0.4, 0.5) is 5.69 Å². The molecule has 27 heavy (non-hydrogen) atoms. The quantitative estimate of drug-likeness (QED) is 0.762. The number of hydrogen-bond acceptors (Lipinski definition) is 3. The van der Waals surface area contributed by atoms with Crippen molar-refractivity contribution in [1.29, 1.82) is 0 Å². The van der Waals surface area contributed by atoms with Gasteiger partial charge in [0.25, 0.3) is 0 Å². The van der Waals surface area contributed by atoms with Gasteiger partial charge in [-0.3, -0.25) is 9.10 Å². The molecule has 2 aromatic carbocycles. The van der Waals surface area contributed by atoms with Crippen LogP contribution in [0.15, 0.2) is 42.5 Å². The number of benzene rings is 2. The number of rotatable bonds is 6. The summed E-state index contributed by atoms with van der Waals surface area (Å²) < 4.78 is 26.2. The number of aryl methyl sites for hydroxylation is 3. The summed E-state index contributed by atoms with van der Waals surface area (Å²) in [7, 11) is -1.93. The van der Waals surface area contributed by atoms with E-state index in [0.717, 1.165) is 28.5 Å². The summed E-state index contributed by atoms with van der Waals surface area (Å²) in [6.07, 6.45) is 1.13. The van der Waals surface area contributed by atoms with Gasteiger partial charge in [0, 0.05) is 13.6 Å². The third kappa shape index (κ3) is 5.32. The lowest BCUT2D eigenvalue weighted by molar-refractivity contribution is -0.131. The molecule has 0 unspecified atom stereocenters. The molecule has 146 valence electrons. The van der Waals surface area contributed by atoms with Crippen molar-refractivity contribution in [3.8, 4) is 0 Å². The van der Waals surface area contributed by atoms with Crippen LogP contribution < -0.4 is 4.31 Å². The van der Waals surface area contributed by atoms with Crippen LogP contribution in [0.1, 0.15) is 29.2 Å². The molecule has 0 radical (unpaired) electrons. The molecule has 0 bridgehead atoms. The fourth-order valence-electron chi connectivity index (χ4n) is 3.24. The molecule has 0 saturated heterocycles. The predicted octanol–water partition coefficient (Wildman–Crippen LogP) is 3.42. The van der Waals surface area contributed by atoms with Crippen molar-refractivity contribution in [1.82, 2.24) is 4.90 Å². The number of likely N-dealkylation sites (N-methyl/N-ethyl adjacent to an activating group) is 1. The van der Waals surface area contributed by atoms with E-state index in [4.69, 9.17) is 0 Å². The molecule has 5 nitrogen and oxygen atoms in total. The van der Waals surface area contributed by atoms with Gasteiger partial charge < -0.3 is 4.90 Å². The monoisotopic (exact) mass is 388 g/mol. The highest BCUT2D eigenvalue weighted by atomic mass is 32.2. The van der Waals surface area contributed by atoms with E-state index in [-0.39, 0.29) is 5.91 Å². The molecular formula is C21H28N2O3S. The second kappa shape index (κ2) is 8.13. The van der Waals surface area contributed by atoms with Crippen molar-refractivity contribution in [3.05, 3.63) is 64.7 Å². The normalized spacial score (nSPS) is 12.5. The third-order valence-electron chi connectivity index (χ3n) is 4.44. The number of anilines is 1. The Kier molecular flexibility index (Phi) is 6.31. The second-order valence-electron chi connectivity index (χ2n) is 7.26. The lowest BCUT2D eigenvalue weighted by Gasteiger charge is -2.31. The molecule has 0 aliphatic rings. The number of carbonyl (C=O) groups excluding carboxylic acids is 1. The number of amides is 1. The molecule has 0 aliphatic heterocycles. The molecule has 0 N–H and O–H groups in total. The Morgan fingerprint density at radius 3 is 1.96 bits per heavy atom. The van der Waals surface area contributed by atoms with Crippen LogP contribution in [0.5, 0.6) is 0 Å². The van der Waals surface area contributed by atoms with E-state index in [9.17, 15) is 13.2 Å².